The highest BCUT2D eigenvalue weighted by Crippen LogP contribution is 2.31. The van der Waals surface area contributed by atoms with Gasteiger partial charge in [-0.05, 0) is 55.5 Å². The average molecular weight is 719 g/mol. The standard InChI is InChI=1S/C34H25Cl2N5O5S2/c1-20(31(42)40-34-39-30(19-47-34)22-10-5-12-24(16-22)41(45)46)48-25-13-6-11-23(17-25)37-33(44)29(18-26-27(35)14-7-15-28(26)36)38-32(43)21-8-3-2-4-9-21/h2-20H,1H3,(H,37,44)(H,38,43)(H,39,40,42)/b29-18+. The summed E-state index contributed by atoms with van der Waals surface area (Å²) in [7, 11) is 0. The van der Waals surface area contributed by atoms with Crippen LogP contribution in [0.3, 0.4) is 0 Å². The van der Waals surface area contributed by atoms with Gasteiger partial charge in [0.25, 0.3) is 17.5 Å². The Hall–Kier alpha value is -5.01. The fourth-order valence-corrected chi connectivity index (χ4v) is 6.44. The zero-order valence-corrected chi connectivity index (χ0v) is 28.1. The number of carbonyl (C=O) groups excluding carboxylic acids is 3. The van der Waals surface area contributed by atoms with Crippen LogP contribution in [0.2, 0.25) is 10.0 Å². The lowest BCUT2D eigenvalue weighted by molar-refractivity contribution is -0.384. The summed E-state index contributed by atoms with van der Waals surface area (Å²) < 4.78 is 0. The molecule has 1 atom stereocenters. The molecule has 0 radical (unpaired) electrons. The van der Waals surface area contributed by atoms with Gasteiger partial charge in [0.2, 0.25) is 5.91 Å². The molecule has 0 fully saturated rings. The molecule has 0 saturated carbocycles. The van der Waals surface area contributed by atoms with E-state index in [1.54, 1.807) is 97.2 Å². The highest BCUT2D eigenvalue weighted by Gasteiger charge is 2.19. The molecule has 1 heterocycles. The number of amides is 3. The van der Waals surface area contributed by atoms with Crippen LogP contribution in [-0.2, 0) is 9.59 Å². The van der Waals surface area contributed by atoms with Crippen LogP contribution in [0, 0.1) is 10.1 Å². The predicted molar refractivity (Wildman–Crippen MR) is 192 cm³/mol. The average Bonchev–Trinajstić information content (AvgIpc) is 3.55. The number of rotatable bonds is 11. The van der Waals surface area contributed by atoms with E-state index in [0.717, 1.165) is 0 Å². The summed E-state index contributed by atoms with van der Waals surface area (Å²) >= 11 is 15.2. The molecule has 5 rings (SSSR count). The zero-order valence-electron chi connectivity index (χ0n) is 25.0. The first-order valence-corrected chi connectivity index (χ1v) is 16.7. The topological polar surface area (TPSA) is 143 Å². The number of carbonyl (C=O) groups is 3. The van der Waals surface area contributed by atoms with Crippen molar-refractivity contribution < 1.29 is 19.3 Å². The number of non-ortho nitro benzene ring substituents is 1. The second kappa shape index (κ2) is 15.7. The highest BCUT2D eigenvalue weighted by molar-refractivity contribution is 8.00. The normalized spacial score (nSPS) is 11.8. The number of hydrogen-bond donors (Lipinski definition) is 3. The van der Waals surface area contributed by atoms with Crippen molar-refractivity contribution in [3.63, 3.8) is 0 Å². The van der Waals surface area contributed by atoms with Crippen molar-refractivity contribution in [2.45, 2.75) is 17.1 Å². The smallest absolute Gasteiger partial charge is 0.272 e. The summed E-state index contributed by atoms with van der Waals surface area (Å²) in [6.07, 6.45) is 1.41. The Morgan fingerprint density at radius 1 is 0.917 bits per heavy atom. The van der Waals surface area contributed by atoms with Gasteiger partial charge in [-0.1, -0.05) is 65.7 Å². The summed E-state index contributed by atoms with van der Waals surface area (Å²) in [5.41, 5.74) is 2.07. The Morgan fingerprint density at radius 3 is 2.35 bits per heavy atom. The highest BCUT2D eigenvalue weighted by atomic mass is 35.5. The lowest BCUT2D eigenvalue weighted by atomic mass is 10.1. The van der Waals surface area contributed by atoms with Crippen LogP contribution in [0.25, 0.3) is 17.3 Å². The van der Waals surface area contributed by atoms with E-state index < -0.39 is 22.0 Å². The monoisotopic (exact) mass is 717 g/mol. The molecule has 242 valence electrons. The van der Waals surface area contributed by atoms with Crippen molar-refractivity contribution in [1.29, 1.82) is 0 Å². The molecule has 0 bridgehead atoms. The molecule has 1 aromatic heterocycles. The Labute approximate surface area is 293 Å². The van der Waals surface area contributed by atoms with Crippen molar-refractivity contribution in [3.05, 3.63) is 139 Å². The van der Waals surface area contributed by atoms with Crippen molar-refractivity contribution >= 4 is 86.6 Å². The summed E-state index contributed by atoms with van der Waals surface area (Å²) in [5, 5.41) is 21.5. The number of nitro benzene ring substituents is 1. The number of halogens is 2. The lowest BCUT2D eigenvalue weighted by Crippen LogP contribution is -2.30. The van der Waals surface area contributed by atoms with Crippen LogP contribution in [0.4, 0.5) is 16.5 Å². The fraction of sp³-hybridized carbons (Fsp3) is 0.0588. The minimum atomic E-state index is -0.619. The van der Waals surface area contributed by atoms with Crippen molar-refractivity contribution in [3.8, 4) is 11.3 Å². The Morgan fingerprint density at radius 2 is 1.62 bits per heavy atom. The van der Waals surface area contributed by atoms with Crippen LogP contribution in [0.15, 0.2) is 113 Å². The van der Waals surface area contributed by atoms with Gasteiger partial charge in [0, 0.05) is 54.8 Å². The van der Waals surface area contributed by atoms with Crippen LogP contribution in [0.1, 0.15) is 22.8 Å². The molecule has 10 nitrogen and oxygen atoms in total. The second-order valence-corrected chi connectivity index (χ2v) is 13.2. The van der Waals surface area contributed by atoms with Gasteiger partial charge in [0.15, 0.2) is 5.13 Å². The maximum Gasteiger partial charge on any atom is 0.272 e. The quantitative estimate of drug-likeness (QED) is 0.0538. The Bertz CT molecular complexity index is 2020. The number of nitrogens with one attached hydrogen (secondary N) is 3. The van der Waals surface area contributed by atoms with Crippen molar-refractivity contribution in [2.75, 3.05) is 10.6 Å². The molecule has 0 saturated heterocycles. The molecule has 3 N–H and O–H groups in total. The largest absolute Gasteiger partial charge is 0.321 e. The van der Waals surface area contributed by atoms with E-state index in [9.17, 15) is 24.5 Å². The van der Waals surface area contributed by atoms with E-state index in [0.29, 0.717) is 48.1 Å². The van der Waals surface area contributed by atoms with Gasteiger partial charge in [-0.2, -0.15) is 0 Å². The molecule has 14 heteroatoms. The zero-order chi connectivity index (χ0) is 34.2. The number of thioether (sulfide) groups is 1. The molecular formula is C34H25Cl2N5O5S2. The van der Waals surface area contributed by atoms with Crippen molar-refractivity contribution in [1.82, 2.24) is 10.3 Å². The first-order chi connectivity index (χ1) is 23.1. The molecule has 0 aliphatic heterocycles. The van der Waals surface area contributed by atoms with E-state index in [4.69, 9.17) is 23.2 Å². The lowest BCUT2D eigenvalue weighted by Gasteiger charge is -2.14. The minimum absolute atomic E-state index is 0.0521. The molecule has 0 spiro atoms. The molecule has 48 heavy (non-hydrogen) atoms. The minimum Gasteiger partial charge on any atom is -0.321 e. The third-order valence-corrected chi connectivity index (χ3v) is 9.19. The van der Waals surface area contributed by atoms with Crippen LogP contribution < -0.4 is 16.0 Å². The number of nitrogens with zero attached hydrogens (tertiary/aromatic N) is 2. The third kappa shape index (κ3) is 8.87. The van der Waals surface area contributed by atoms with Gasteiger partial charge in [0.05, 0.1) is 15.9 Å². The maximum atomic E-state index is 13.5. The first-order valence-electron chi connectivity index (χ1n) is 14.2. The molecule has 1 unspecified atom stereocenters. The van der Waals surface area contributed by atoms with E-state index in [-0.39, 0.29) is 17.3 Å². The molecule has 3 amide bonds. The summed E-state index contributed by atoms with van der Waals surface area (Å²) in [6, 6.07) is 26.4. The molecule has 0 aliphatic rings. The Kier molecular flexibility index (Phi) is 11.2. The van der Waals surface area contributed by atoms with Crippen LogP contribution in [-0.4, -0.2) is 32.9 Å². The number of benzene rings is 4. The maximum absolute atomic E-state index is 13.5. The van der Waals surface area contributed by atoms with E-state index >= 15 is 0 Å². The molecule has 4 aromatic carbocycles. The fourth-order valence-electron chi connectivity index (χ4n) is 4.29. The summed E-state index contributed by atoms with van der Waals surface area (Å²) in [4.78, 5) is 55.3. The Balaban J connectivity index is 1.27. The van der Waals surface area contributed by atoms with E-state index in [1.807, 2.05) is 0 Å². The second-order valence-electron chi connectivity index (χ2n) is 10.1. The molecule has 0 aliphatic carbocycles. The van der Waals surface area contributed by atoms with Crippen molar-refractivity contribution in [2.24, 2.45) is 0 Å². The summed E-state index contributed by atoms with van der Waals surface area (Å²) in [5.74, 6) is -1.42. The SMILES string of the molecule is CC(Sc1cccc(NC(=O)/C(=C\c2c(Cl)cccc2Cl)NC(=O)c2ccccc2)c1)C(=O)Nc1nc(-c2cccc([N+](=O)[O-])c2)cs1. The first kappa shape index (κ1) is 34.3. The van der Waals surface area contributed by atoms with Crippen LogP contribution >= 0.6 is 46.3 Å². The third-order valence-electron chi connectivity index (χ3n) is 6.68. The molecular weight excluding hydrogens is 693 g/mol. The summed E-state index contributed by atoms with van der Waals surface area (Å²) in [6.45, 7) is 1.73. The number of hydrogen-bond acceptors (Lipinski definition) is 8. The van der Waals surface area contributed by atoms with E-state index in [2.05, 4.69) is 20.9 Å². The number of thiazole rings is 1. The predicted octanol–water partition coefficient (Wildman–Crippen LogP) is 8.55. The van der Waals surface area contributed by atoms with Gasteiger partial charge in [-0.15, -0.1) is 23.1 Å². The van der Waals surface area contributed by atoms with Gasteiger partial charge in [0.1, 0.15) is 5.70 Å². The number of anilines is 2. The number of nitro groups is 1. The van der Waals surface area contributed by atoms with Gasteiger partial charge in [-0.3, -0.25) is 24.5 Å². The molecule has 5 aromatic rings. The van der Waals surface area contributed by atoms with Gasteiger partial charge >= 0.3 is 0 Å². The van der Waals surface area contributed by atoms with Gasteiger partial charge in [-0.25, -0.2) is 4.98 Å². The van der Waals surface area contributed by atoms with Gasteiger partial charge < -0.3 is 16.0 Å². The van der Waals surface area contributed by atoms with Crippen LogP contribution in [0.5, 0.6) is 0 Å². The number of aromatic nitrogens is 1. The van der Waals surface area contributed by atoms with E-state index in [1.165, 1.54) is 41.3 Å².